The lowest BCUT2D eigenvalue weighted by atomic mass is 9.91. The van der Waals surface area contributed by atoms with Gasteiger partial charge in [0.2, 0.25) is 0 Å². The van der Waals surface area contributed by atoms with Gasteiger partial charge in [-0.1, -0.05) is 11.6 Å². The summed E-state index contributed by atoms with van der Waals surface area (Å²) in [6.07, 6.45) is 8.04. The van der Waals surface area contributed by atoms with E-state index in [4.69, 9.17) is 0 Å². The van der Waals surface area contributed by atoms with Crippen molar-refractivity contribution in [3.8, 4) is 0 Å². The first-order valence-electron chi connectivity index (χ1n) is 6.40. The third-order valence-electron chi connectivity index (χ3n) is 4.08. The van der Waals surface area contributed by atoms with Crippen LogP contribution in [0.3, 0.4) is 0 Å². The lowest BCUT2D eigenvalue weighted by Gasteiger charge is -2.27. The van der Waals surface area contributed by atoms with Gasteiger partial charge in [-0.2, -0.15) is 0 Å². The Labute approximate surface area is 101 Å². The zero-order chi connectivity index (χ0) is 11.4. The average Bonchev–Trinajstić information content (AvgIpc) is 2.67. The van der Waals surface area contributed by atoms with Crippen molar-refractivity contribution in [3.63, 3.8) is 0 Å². The number of hydrogen-bond donors (Lipinski definition) is 1. The van der Waals surface area contributed by atoms with Gasteiger partial charge >= 0.3 is 0 Å². The topological polar surface area (TPSA) is 17.0 Å². The minimum atomic E-state index is 0.524. The predicted octanol–water partition coefficient (Wildman–Crippen LogP) is 3.36. The molecule has 1 N–H and O–H groups in total. The SMILES string of the molecule is Cc1ccc2c(c1)c1c3n2C=CN[C@H]3CCC1. The number of hydrogen-bond acceptors (Lipinski definition) is 1. The van der Waals surface area contributed by atoms with E-state index in [0.29, 0.717) is 6.04 Å². The third-order valence-corrected chi connectivity index (χ3v) is 4.08. The van der Waals surface area contributed by atoms with E-state index in [1.54, 1.807) is 5.56 Å². The van der Waals surface area contributed by atoms with Crippen molar-refractivity contribution in [3.05, 3.63) is 41.2 Å². The van der Waals surface area contributed by atoms with E-state index >= 15 is 0 Å². The molecule has 0 saturated heterocycles. The molecule has 1 aliphatic carbocycles. The molecular formula is C15H16N2. The number of aryl methyl sites for hydroxylation is 2. The van der Waals surface area contributed by atoms with Crippen LogP contribution in [0.25, 0.3) is 17.1 Å². The molecule has 86 valence electrons. The lowest BCUT2D eigenvalue weighted by molar-refractivity contribution is 0.490. The molecule has 2 heterocycles. The molecule has 1 aliphatic heterocycles. The van der Waals surface area contributed by atoms with E-state index in [9.17, 15) is 0 Å². The van der Waals surface area contributed by atoms with Gasteiger partial charge in [-0.05, 0) is 43.9 Å². The van der Waals surface area contributed by atoms with Crippen LogP contribution < -0.4 is 5.32 Å². The molecule has 2 nitrogen and oxygen atoms in total. The molecule has 0 amide bonds. The first-order valence-corrected chi connectivity index (χ1v) is 6.40. The highest BCUT2D eigenvalue weighted by Crippen LogP contribution is 2.39. The minimum Gasteiger partial charge on any atom is -0.381 e. The van der Waals surface area contributed by atoms with E-state index in [0.717, 1.165) is 0 Å². The van der Waals surface area contributed by atoms with Gasteiger partial charge in [0.05, 0.1) is 11.6 Å². The van der Waals surface area contributed by atoms with Crippen LogP contribution in [-0.4, -0.2) is 4.57 Å². The van der Waals surface area contributed by atoms with Gasteiger partial charge in [-0.25, -0.2) is 0 Å². The summed E-state index contributed by atoms with van der Waals surface area (Å²) in [5.41, 5.74) is 5.79. The summed E-state index contributed by atoms with van der Waals surface area (Å²) in [6.45, 7) is 2.18. The molecule has 1 atom stereocenters. The zero-order valence-electron chi connectivity index (χ0n) is 10.0. The second-order valence-electron chi connectivity index (χ2n) is 5.18. The van der Waals surface area contributed by atoms with Gasteiger partial charge in [-0.15, -0.1) is 0 Å². The van der Waals surface area contributed by atoms with Crippen LogP contribution in [0.4, 0.5) is 0 Å². The van der Waals surface area contributed by atoms with E-state index in [1.165, 1.54) is 41.4 Å². The first kappa shape index (κ1) is 9.34. The Morgan fingerprint density at radius 3 is 3.24 bits per heavy atom. The number of nitrogens with one attached hydrogen (secondary N) is 1. The fourth-order valence-electron chi connectivity index (χ4n) is 3.33. The quantitative estimate of drug-likeness (QED) is 0.726. The standard InChI is InChI=1S/C15H16N2/c1-10-5-6-14-12(9-10)11-3-2-4-13-15(11)17(14)8-7-16-13/h5-9,13,16H,2-4H2,1H3/t13-/m0/s1. The smallest absolute Gasteiger partial charge is 0.0667 e. The highest BCUT2D eigenvalue weighted by Gasteiger charge is 2.27. The maximum Gasteiger partial charge on any atom is 0.0667 e. The number of rotatable bonds is 0. The van der Waals surface area contributed by atoms with Crippen molar-refractivity contribution >= 4 is 17.1 Å². The molecule has 0 fully saturated rings. The summed E-state index contributed by atoms with van der Waals surface area (Å²) in [5, 5.41) is 4.95. The van der Waals surface area contributed by atoms with Crippen LogP contribution in [0.5, 0.6) is 0 Å². The van der Waals surface area contributed by atoms with Crippen molar-refractivity contribution in [1.82, 2.24) is 9.88 Å². The summed E-state index contributed by atoms with van der Waals surface area (Å²) >= 11 is 0. The van der Waals surface area contributed by atoms with Crippen LogP contribution in [-0.2, 0) is 6.42 Å². The Kier molecular flexibility index (Phi) is 1.74. The van der Waals surface area contributed by atoms with Crippen LogP contribution in [0.1, 0.15) is 35.7 Å². The monoisotopic (exact) mass is 224 g/mol. The van der Waals surface area contributed by atoms with Gasteiger partial charge in [-0.3, -0.25) is 0 Å². The Morgan fingerprint density at radius 1 is 1.35 bits per heavy atom. The third kappa shape index (κ3) is 1.15. The molecule has 0 spiro atoms. The van der Waals surface area contributed by atoms with Crippen molar-refractivity contribution in [1.29, 1.82) is 0 Å². The second kappa shape index (κ2) is 3.16. The number of aromatic nitrogens is 1. The molecule has 17 heavy (non-hydrogen) atoms. The predicted molar refractivity (Wildman–Crippen MR) is 70.8 cm³/mol. The minimum absolute atomic E-state index is 0.524. The molecule has 2 aliphatic rings. The van der Waals surface area contributed by atoms with Crippen molar-refractivity contribution in [2.45, 2.75) is 32.2 Å². The Morgan fingerprint density at radius 2 is 2.29 bits per heavy atom. The maximum absolute atomic E-state index is 3.49. The zero-order valence-corrected chi connectivity index (χ0v) is 10.0. The van der Waals surface area contributed by atoms with Gasteiger partial charge in [0.1, 0.15) is 0 Å². The largest absolute Gasteiger partial charge is 0.381 e. The highest BCUT2D eigenvalue weighted by atomic mass is 15.1. The summed E-state index contributed by atoms with van der Waals surface area (Å²) in [7, 11) is 0. The molecule has 0 bridgehead atoms. The van der Waals surface area contributed by atoms with E-state index < -0.39 is 0 Å². The van der Waals surface area contributed by atoms with E-state index in [-0.39, 0.29) is 0 Å². The molecule has 4 rings (SSSR count). The summed E-state index contributed by atoms with van der Waals surface area (Å²) < 4.78 is 2.38. The molecule has 0 unspecified atom stereocenters. The normalized spacial score (nSPS) is 21.4. The summed E-state index contributed by atoms with van der Waals surface area (Å²) in [6, 6.07) is 7.33. The van der Waals surface area contributed by atoms with E-state index in [2.05, 4.69) is 47.4 Å². The molecule has 2 aromatic rings. The van der Waals surface area contributed by atoms with E-state index in [1.807, 2.05) is 0 Å². The van der Waals surface area contributed by atoms with Gasteiger partial charge in [0.15, 0.2) is 0 Å². The fourth-order valence-corrected chi connectivity index (χ4v) is 3.33. The van der Waals surface area contributed by atoms with Crippen LogP contribution in [0.2, 0.25) is 0 Å². The Hall–Kier alpha value is -1.70. The summed E-state index contributed by atoms with van der Waals surface area (Å²) in [4.78, 5) is 0. The first-order chi connectivity index (χ1) is 8.34. The van der Waals surface area contributed by atoms with Crippen molar-refractivity contribution < 1.29 is 0 Å². The number of benzene rings is 1. The van der Waals surface area contributed by atoms with Gasteiger partial charge in [0.25, 0.3) is 0 Å². The van der Waals surface area contributed by atoms with Crippen LogP contribution in [0.15, 0.2) is 24.4 Å². The Balaban J connectivity index is 2.15. The number of nitrogens with zero attached hydrogens (tertiary/aromatic N) is 1. The molecule has 1 aromatic heterocycles. The summed E-state index contributed by atoms with van der Waals surface area (Å²) in [5.74, 6) is 0. The molecule has 0 radical (unpaired) electrons. The molecule has 0 saturated carbocycles. The molecule has 1 aromatic carbocycles. The maximum atomic E-state index is 3.49. The molecule has 2 heteroatoms. The molecular weight excluding hydrogens is 208 g/mol. The average molecular weight is 224 g/mol. The highest BCUT2D eigenvalue weighted by molar-refractivity contribution is 5.88. The van der Waals surface area contributed by atoms with Crippen LogP contribution in [0, 0.1) is 6.92 Å². The van der Waals surface area contributed by atoms with Gasteiger partial charge < -0.3 is 9.88 Å². The van der Waals surface area contributed by atoms with Crippen LogP contribution >= 0.6 is 0 Å². The van der Waals surface area contributed by atoms with Gasteiger partial charge in [0, 0.05) is 23.5 Å². The second-order valence-corrected chi connectivity index (χ2v) is 5.18. The van der Waals surface area contributed by atoms with Crippen molar-refractivity contribution in [2.75, 3.05) is 0 Å². The Bertz CT molecular complexity index is 634. The fraction of sp³-hybridized carbons (Fsp3) is 0.333. The number of fused-ring (bicyclic) bond motifs is 3. The van der Waals surface area contributed by atoms with Crippen molar-refractivity contribution in [2.24, 2.45) is 0 Å². The lowest BCUT2D eigenvalue weighted by Crippen LogP contribution is -2.25.